The molecule has 1 aromatic carbocycles. The SMILES string of the molecule is C=C(C)CSCCCc1ccccc1. The van der Waals surface area contributed by atoms with Crippen LogP contribution in [0, 0.1) is 0 Å². The molecule has 1 heteroatoms. The Kier molecular flexibility index (Phi) is 5.46. The second-order valence-corrected chi connectivity index (χ2v) is 4.70. The predicted octanol–water partition coefficient (Wildman–Crippen LogP) is 3.93. The molecule has 0 fully saturated rings. The molecule has 0 atom stereocenters. The third-order valence-corrected chi connectivity index (χ3v) is 3.22. The summed E-state index contributed by atoms with van der Waals surface area (Å²) in [6, 6.07) is 10.7. The minimum atomic E-state index is 1.11. The largest absolute Gasteiger partial charge is 0.158 e. The van der Waals surface area contributed by atoms with Gasteiger partial charge in [-0.15, -0.1) is 0 Å². The van der Waals surface area contributed by atoms with Crippen LogP contribution < -0.4 is 0 Å². The van der Waals surface area contributed by atoms with Crippen molar-refractivity contribution in [1.82, 2.24) is 0 Å². The summed E-state index contributed by atoms with van der Waals surface area (Å²) in [6.07, 6.45) is 2.46. The topological polar surface area (TPSA) is 0 Å². The van der Waals surface area contributed by atoms with Crippen molar-refractivity contribution in [3.8, 4) is 0 Å². The molecule has 0 N–H and O–H groups in total. The lowest BCUT2D eigenvalue weighted by molar-refractivity contribution is 0.933. The first-order valence-corrected chi connectivity index (χ1v) is 6.20. The van der Waals surface area contributed by atoms with Gasteiger partial charge in [0, 0.05) is 5.75 Å². The van der Waals surface area contributed by atoms with Gasteiger partial charge in [0.05, 0.1) is 0 Å². The molecule has 1 rings (SSSR count). The molecule has 0 saturated heterocycles. The Morgan fingerprint density at radius 1 is 1.29 bits per heavy atom. The zero-order valence-corrected chi connectivity index (χ0v) is 9.65. The first kappa shape index (κ1) is 11.4. The fourth-order valence-corrected chi connectivity index (χ4v) is 2.11. The second-order valence-electron chi connectivity index (χ2n) is 3.60. The molecule has 0 bridgehead atoms. The summed E-state index contributed by atoms with van der Waals surface area (Å²) in [5.74, 6) is 2.34. The molecule has 0 aliphatic rings. The number of aryl methyl sites for hydroxylation is 1. The van der Waals surface area contributed by atoms with Crippen LogP contribution in [-0.2, 0) is 6.42 Å². The van der Waals surface area contributed by atoms with Crippen molar-refractivity contribution in [2.24, 2.45) is 0 Å². The normalized spacial score (nSPS) is 10.1. The monoisotopic (exact) mass is 206 g/mol. The molecule has 0 aliphatic heterocycles. The van der Waals surface area contributed by atoms with E-state index < -0.39 is 0 Å². The highest BCUT2D eigenvalue weighted by molar-refractivity contribution is 7.99. The lowest BCUT2D eigenvalue weighted by atomic mass is 10.1. The molecule has 0 amide bonds. The van der Waals surface area contributed by atoms with Gasteiger partial charge in [0.15, 0.2) is 0 Å². The van der Waals surface area contributed by atoms with E-state index >= 15 is 0 Å². The zero-order valence-electron chi connectivity index (χ0n) is 8.83. The summed E-state index contributed by atoms with van der Waals surface area (Å²) in [4.78, 5) is 0. The number of benzene rings is 1. The maximum atomic E-state index is 3.89. The van der Waals surface area contributed by atoms with Gasteiger partial charge in [-0.25, -0.2) is 0 Å². The number of rotatable bonds is 6. The first-order valence-electron chi connectivity index (χ1n) is 5.05. The van der Waals surface area contributed by atoms with Gasteiger partial charge in [-0.2, -0.15) is 11.8 Å². The number of thioether (sulfide) groups is 1. The number of hydrogen-bond donors (Lipinski definition) is 0. The Hall–Kier alpha value is -0.690. The van der Waals surface area contributed by atoms with Gasteiger partial charge in [-0.1, -0.05) is 42.5 Å². The van der Waals surface area contributed by atoms with Gasteiger partial charge >= 0.3 is 0 Å². The molecule has 0 spiro atoms. The Morgan fingerprint density at radius 2 is 2.00 bits per heavy atom. The molecule has 1 aromatic rings. The Morgan fingerprint density at radius 3 is 2.64 bits per heavy atom. The molecule has 76 valence electrons. The standard InChI is InChI=1S/C13H18S/c1-12(2)11-14-10-6-9-13-7-4-3-5-8-13/h3-5,7-8H,1,6,9-11H2,2H3. The summed E-state index contributed by atoms with van der Waals surface area (Å²) in [7, 11) is 0. The van der Waals surface area contributed by atoms with Crippen molar-refractivity contribution in [3.05, 3.63) is 48.0 Å². The molecule has 0 aromatic heterocycles. The maximum Gasteiger partial charge on any atom is 0.0137 e. The van der Waals surface area contributed by atoms with Crippen molar-refractivity contribution in [2.75, 3.05) is 11.5 Å². The number of hydrogen-bond acceptors (Lipinski definition) is 1. The van der Waals surface area contributed by atoms with Crippen LogP contribution in [0.1, 0.15) is 18.9 Å². The molecule has 0 aliphatic carbocycles. The van der Waals surface area contributed by atoms with Gasteiger partial charge in [0.2, 0.25) is 0 Å². The lowest BCUT2D eigenvalue weighted by Crippen LogP contribution is -1.89. The van der Waals surface area contributed by atoms with Gasteiger partial charge in [0.25, 0.3) is 0 Å². The van der Waals surface area contributed by atoms with Crippen LogP contribution in [-0.4, -0.2) is 11.5 Å². The Bertz CT molecular complexity index is 264. The fourth-order valence-electron chi connectivity index (χ4n) is 1.27. The van der Waals surface area contributed by atoms with E-state index in [9.17, 15) is 0 Å². The van der Waals surface area contributed by atoms with Crippen LogP contribution >= 0.6 is 11.8 Å². The van der Waals surface area contributed by atoms with Gasteiger partial charge in [-0.05, 0) is 31.1 Å². The third kappa shape index (κ3) is 5.13. The molecule has 14 heavy (non-hydrogen) atoms. The summed E-state index contributed by atoms with van der Waals surface area (Å²) in [5.41, 5.74) is 2.72. The minimum Gasteiger partial charge on any atom is -0.158 e. The highest BCUT2D eigenvalue weighted by Crippen LogP contribution is 2.10. The van der Waals surface area contributed by atoms with Crippen LogP contribution in [0.4, 0.5) is 0 Å². The van der Waals surface area contributed by atoms with Crippen molar-refractivity contribution in [3.63, 3.8) is 0 Å². The molecule has 0 saturated carbocycles. The zero-order chi connectivity index (χ0) is 10.2. The van der Waals surface area contributed by atoms with Crippen LogP contribution in [0.25, 0.3) is 0 Å². The Labute approximate surface area is 91.4 Å². The summed E-state index contributed by atoms with van der Waals surface area (Å²) in [6.45, 7) is 5.98. The molecule has 0 heterocycles. The maximum absolute atomic E-state index is 3.89. The van der Waals surface area contributed by atoms with E-state index in [-0.39, 0.29) is 0 Å². The van der Waals surface area contributed by atoms with Crippen LogP contribution in [0.5, 0.6) is 0 Å². The molecule has 0 nitrogen and oxygen atoms in total. The van der Waals surface area contributed by atoms with Crippen molar-refractivity contribution in [1.29, 1.82) is 0 Å². The van der Waals surface area contributed by atoms with Crippen molar-refractivity contribution >= 4 is 11.8 Å². The molecular formula is C13H18S. The first-order chi connectivity index (χ1) is 6.79. The van der Waals surface area contributed by atoms with E-state index in [0.717, 1.165) is 5.75 Å². The highest BCUT2D eigenvalue weighted by atomic mass is 32.2. The highest BCUT2D eigenvalue weighted by Gasteiger charge is 1.92. The average molecular weight is 206 g/mol. The van der Waals surface area contributed by atoms with E-state index in [0.29, 0.717) is 0 Å². The third-order valence-electron chi connectivity index (χ3n) is 1.95. The van der Waals surface area contributed by atoms with Crippen LogP contribution in [0.2, 0.25) is 0 Å². The smallest absolute Gasteiger partial charge is 0.0137 e. The van der Waals surface area contributed by atoms with Gasteiger partial charge in [0.1, 0.15) is 0 Å². The van der Waals surface area contributed by atoms with E-state index in [1.807, 2.05) is 11.8 Å². The van der Waals surface area contributed by atoms with E-state index in [1.165, 1.54) is 29.7 Å². The van der Waals surface area contributed by atoms with Gasteiger partial charge in [-0.3, -0.25) is 0 Å². The quantitative estimate of drug-likeness (QED) is 0.502. The van der Waals surface area contributed by atoms with Gasteiger partial charge < -0.3 is 0 Å². The van der Waals surface area contributed by atoms with Crippen molar-refractivity contribution < 1.29 is 0 Å². The van der Waals surface area contributed by atoms with E-state index in [1.54, 1.807) is 0 Å². The van der Waals surface area contributed by atoms with Crippen LogP contribution in [0.15, 0.2) is 42.5 Å². The lowest BCUT2D eigenvalue weighted by Gasteiger charge is -2.01. The summed E-state index contributed by atoms with van der Waals surface area (Å²) >= 11 is 1.98. The summed E-state index contributed by atoms with van der Waals surface area (Å²) in [5, 5.41) is 0. The molecule has 0 unspecified atom stereocenters. The van der Waals surface area contributed by atoms with E-state index in [2.05, 4.69) is 43.8 Å². The van der Waals surface area contributed by atoms with Crippen LogP contribution in [0.3, 0.4) is 0 Å². The van der Waals surface area contributed by atoms with E-state index in [4.69, 9.17) is 0 Å². The second kappa shape index (κ2) is 6.72. The molecule has 0 radical (unpaired) electrons. The minimum absolute atomic E-state index is 1.11. The Balaban J connectivity index is 2.08. The molecular weight excluding hydrogens is 188 g/mol. The average Bonchev–Trinajstić information content (AvgIpc) is 2.18. The fraction of sp³-hybridized carbons (Fsp3) is 0.385. The predicted molar refractivity (Wildman–Crippen MR) is 66.9 cm³/mol. The van der Waals surface area contributed by atoms with Crippen molar-refractivity contribution in [2.45, 2.75) is 19.8 Å². The summed E-state index contributed by atoms with van der Waals surface area (Å²) < 4.78 is 0.